The Bertz CT molecular complexity index is 677. The molecule has 0 spiro atoms. The number of piperazine rings is 1. The van der Waals surface area contributed by atoms with E-state index in [1.165, 1.54) is 0 Å². The number of aliphatic imine (C=N–C) groups is 1. The summed E-state index contributed by atoms with van der Waals surface area (Å²) in [5.41, 5.74) is 7.18. The molecule has 1 aliphatic rings. The first-order valence-electron chi connectivity index (χ1n) is 8.86. The van der Waals surface area contributed by atoms with Crippen molar-refractivity contribution in [3.63, 3.8) is 0 Å². The van der Waals surface area contributed by atoms with Crippen LogP contribution in [0, 0.1) is 0 Å². The fourth-order valence-corrected chi connectivity index (χ4v) is 3.76. The molecule has 9 heteroatoms. The standard InChI is InChI=1S/C17H26N6OS.HI/c1-3-13(4-2)15-11-14(24-21-15)12-20-16(18)22-6-8-23(9-7-22)17-19-5-10-25-17;/h5,10-11,13H,3-4,6-9,12H2,1-2H3,(H2,18,20);1H. The lowest BCUT2D eigenvalue weighted by Gasteiger charge is -2.35. The van der Waals surface area contributed by atoms with Crippen LogP contribution in [0.1, 0.15) is 44.1 Å². The van der Waals surface area contributed by atoms with Gasteiger partial charge in [-0.25, -0.2) is 9.98 Å². The molecular weight excluding hydrogens is 463 g/mol. The number of anilines is 1. The molecule has 0 aliphatic carbocycles. The highest BCUT2D eigenvalue weighted by atomic mass is 127. The summed E-state index contributed by atoms with van der Waals surface area (Å²) in [7, 11) is 0. The van der Waals surface area contributed by atoms with E-state index in [9.17, 15) is 0 Å². The monoisotopic (exact) mass is 490 g/mol. The van der Waals surface area contributed by atoms with Crippen molar-refractivity contribution < 1.29 is 4.52 Å². The van der Waals surface area contributed by atoms with E-state index in [0.29, 0.717) is 18.4 Å². The van der Waals surface area contributed by atoms with Crippen molar-refractivity contribution in [3.8, 4) is 0 Å². The van der Waals surface area contributed by atoms with Gasteiger partial charge in [-0.15, -0.1) is 35.3 Å². The molecule has 0 radical (unpaired) electrons. The Morgan fingerprint density at radius 2 is 2.04 bits per heavy atom. The molecule has 26 heavy (non-hydrogen) atoms. The highest BCUT2D eigenvalue weighted by molar-refractivity contribution is 14.0. The van der Waals surface area contributed by atoms with E-state index in [1.54, 1.807) is 11.3 Å². The molecule has 144 valence electrons. The van der Waals surface area contributed by atoms with Gasteiger partial charge in [-0.2, -0.15) is 0 Å². The number of halogens is 1. The number of rotatable bonds is 6. The van der Waals surface area contributed by atoms with Crippen molar-refractivity contribution in [1.29, 1.82) is 0 Å². The lowest BCUT2D eigenvalue weighted by molar-refractivity contribution is 0.366. The quantitative estimate of drug-likeness (QED) is 0.380. The Morgan fingerprint density at radius 3 is 2.65 bits per heavy atom. The molecule has 7 nitrogen and oxygen atoms in total. The van der Waals surface area contributed by atoms with Gasteiger partial charge in [-0.3, -0.25) is 0 Å². The lowest BCUT2D eigenvalue weighted by atomic mass is 9.99. The van der Waals surface area contributed by atoms with Gasteiger partial charge in [0.2, 0.25) is 0 Å². The molecule has 0 saturated carbocycles. The third kappa shape index (κ3) is 5.09. The van der Waals surface area contributed by atoms with E-state index in [-0.39, 0.29) is 24.0 Å². The van der Waals surface area contributed by atoms with Gasteiger partial charge in [-0.1, -0.05) is 19.0 Å². The molecule has 2 aromatic heterocycles. The van der Waals surface area contributed by atoms with Crippen molar-refractivity contribution in [2.45, 2.75) is 39.2 Å². The molecule has 1 fully saturated rings. The summed E-state index contributed by atoms with van der Waals surface area (Å²) in [4.78, 5) is 13.2. The van der Waals surface area contributed by atoms with E-state index in [0.717, 1.165) is 55.6 Å². The van der Waals surface area contributed by atoms with Crippen molar-refractivity contribution in [2.24, 2.45) is 10.7 Å². The van der Waals surface area contributed by atoms with Gasteiger partial charge in [0.25, 0.3) is 0 Å². The Balaban J connectivity index is 0.00000243. The van der Waals surface area contributed by atoms with Gasteiger partial charge in [0, 0.05) is 49.7 Å². The molecule has 1 aliphatic heterocycles. The third-order valence-electron chi connectivity index (χ3n) is 4.67. The molecule has 2 N–H and O–H groups in total. The predicted molar refractivity (Wildman–Crippen MR) is 116 cm³/mol. The minimum absolute atomic E-state index is 0. The van der Waals surface area contributed by atoms with Crippen LogP contribution in [0.15, 0.2) is 27.2 Å². The highest BCUT2D eigenvalue weighted by Crippen LogP contribution is 2.23. The van der Waals surface area contributed by atoms with Gasteiger partial charge >= 0.3 is 0 Å². The molecule has 0 amide bonds. The maximum absolute atomic E-state index is 6.16. The van der Waals surface area contributed by atoms with Gasteiger partial charge in [0.15, 0.2) is 16.9 Å². The van der Waals surface area contributed by atoms with Crippen molar-refractivity contribution in [2.75, 3.05) is 31.1 Å². The second-order valence-corrected chi connectivity index (χ2v) is 7.07. The first-order chi connectivity index (χ1) is 12.2. The minimum atomic E-state index is 0. The number of thiazole rings is 1. The highest BCUT2D eigenvalue weighted by Gasteiger charge is 2.20. The number of nitrogens with two attached hydrogens (primary N) is 1. The van der Waals surface area contributed by atoms with E-state index < -0.39 is 0 Å². The summed E-state index contributed by atoms with van der Waals surface area (Å²) in [5.74, 6) is 1.79. The molecular formula is C17H27IN6OS. The average molecular weight is 490 g/mol. The topological polar surface area (TPSA) is 83.8 Å². The van der Waals surface area contributed by atoms with Crippen LogP contribution in [0.25, 0.3) is 0 Å². The SMILES string of the molecule is CCC(CC)c1cc(CN=C(N)N2CCN(c3nccs3)CC2)on1.I. The number of aromatic nitrogens is 2. The fraction of sp³-hybridized carbons (Fsp3) is 0.588. The molecule has 0 aromatic carbocycles. The van der Waals surface area contributed by atoms with Gasteiger partial charge in [0.1, 0.15) is 6.54 Å². The van der Waals surface area contributed by atoms with E-state index in [2.05, 4.69) is 38.8 Å². The summed E-state index contributed by atoms with van der Waals surface area (Å²) in [6.07, 6.45) is 3.98. The summed E-state index contributed by atoms with van der Waals surface area (Å²) < 4.78 is 5.41. The first-order valence-corrected chi connectivity index (χ1v) is 9.74. The molecule has 3 rings (SSSR count). The minimum Gasteiger partial charge on any atom is -0.370 e. The van der Waals surface area contributed by atoms with E-state index in [1.807, 2.05) is 17.6 Å². The predicted octanol–water partition coefficient (Wildman–Crippen LogP) is 3.29. The molecule has 0 atom stereocenters. The number of guanidine groups is 1. The van der Waals surface area contributed by atoms with E-state index >= 15 is 0 Å². The first kappa shape index (κ1) is 20.9. The maximum Gasteiger partial charge on any atom is 0.191 e. The lowest BCUT2D eigenvalue weighted by Crippen LogP contribution is -2.51. The smallest absolute Gasteiger partial charge is 0.191 e. The van der Waals surface area contributed by atoms with Gasteiger partial charge in [0.05, 0.1) is 5.69 Å². The maximum atomic E-state index is 6.16. The molecule has 0 bridgehead atoms. The third-order valence-corrected chi connectivity index (χ3v) is 5.50. The second-order valence-electron chi connectivity index (χ2n) is 6.19. The van der Waals surface area contributed by atoms with Crippen LogP contribution in [-0.2, 0) is 6.54 Å². The van der Waals surface area contributed by atoms with Crippen LogP contribution in [-0.4, -0.2) is 47.2 Å². The van der Waals surface area contributed by atoms with Crippen molar-refractivity contribution >= 4 is 46.4 Å². The van der Waals surface area contributed by atoms with Crippen LogP contribution in [0.2, 0.25) is 0 Å². The van der Waals surface area contributed by atoms with Crippen LogP contribution < -0.4 is 10.6 Å². The van der Waals surface area contributed by atoms with Crippen LogP contribution in [0.4, 0.5) is 5.13 Å². The molecule has 2 aromatic rings. The second kappa shape index (κ2) is 10.1. The molecule has 1 saturated heterocycles. The van der Waals surface area contributed by atoms with Crippen molar-refractivity contribution in [3.05, 3.63) is 29.1 Å². The summed E-state index contributed by atoms with van der Waals surface area (Å²) >= 11 is 1.67. The Kier molecular flexibility index (Phi) is 8.14. The largest absolute Gasteiger partial charge is 0.370 e. The summed E-state index contributed by atoms with van der Waals surface area (Å²) in [5, 5.41) is 7.26. The Hall–Kier alpha value is -1.36. The van der Waals surface area contributed by atoms with Crippen molar-refractivity contribution in [1.82, 2.24) is 15.0 Å². The van der Waals surface area contributed by atoms with E-state index in [4.69, 9.17) is 10.3 Å². The summed E-state index contributed by atoms with van der Waals surface area (Å²) in [6, 6.07) is 2.01. The van der Waals surface area contributed by atoms with Crippen LogP contribution in [0.3, 0.4) is 0 Å². The zero-order valence-corrected chi connectivity index (χ0v) is 18.4. The van der Waals surface area contributed by atoms with Gasteiger partial charge in [-0.05, 0) is 12.8 Å². The zero-order chi connectivity index (χ0) is 17.6. The Labute approximate surface area is 175 Å². The normalized spacial score (nSPS) is 15.4. The zero-order valence-electron chi connectivity index (χ0n) is 15.3. The number of hydrogen-bond acceptors (Lipinski definition) is 6. The average Bonchev–Trinajstić information content (AvgIpc) is 3.33. The number of hydrogen-bond donors (Lipinski definition) is 1. The molecule has 0 unspecified atom stereocenters. The molecule has 3 heterocycles. The summed E-state index contributed by atoms with van der Waals surface area (Å²) in [6.45, 7) is 8.30. The van der Waals surface area contributed by atoms with Crippen LogP contribution in [0.5, 0.6) is 0 Å². The number of nitrogens with zero attached hydrogens (tertiary/aromatic N) is 5. The van der Waals surface area contributed by atoms with Gasteiger partial charge < -0.3 is 20.1 Å². The fourth-order valence-electron chi connectivity index (χ4n) is 3.06. The Morgan fingerprint density at radius 1 is 1.31 bits per heavy atom. The van der Waals surface area contributed by atoms with Crippen LogP contribution >= 0.6 is 35.3 Å².